The second-order valence-electron chi connectivity index (χ2n) is 2.46. The molecule has 70 valence electrons. The van der Waals surface area contributed by atoms with Crippen molar-refractivity contribution in [3.8, 4) is 0 Å². The van der Waals surface area contributed by atoms with Crippen LogP contribution >= 0.6 is 0 Å². The van der Waals surface area contributed by atoms with E-state index in [1.807, 2.05) is 6.92 Å². The first-order valence-corrected chi connectivity index (χ1v) is 3.84. The SMILES string of the molecule is CCOn1cnc2c(N)nc(N)n21. The summed E-state index contributed by atoms with van der Waals surface area (Å²) in [6.45, 7) is 2.38. The van der Waals surface area contributed by atoms with Gasteiger partial charge in [-0.15, -0.1) is 0 Å². The standard InChI is InChI=1S/C6H10N6O/c1-2-13-11-3-9-5-4(7)10-6(8)12(5)11/h3H,2,7H2,1H3,(H2,8,10). The number of fused-ring (bicyclic) bond motifs is 1. The largest absolute Gasteiger partial charge is 0.397 e. The van der Waals surface area contributed by atoms with Gasteiger partial charge in [-0.3, -0.25) is 0 Å². The lowest BCUT2D eigenvalue weighted by molar-refractivity contribution is 0.0842. The van der Waals surface area contributed by atoms with Gasteiger partial charge in [0.15, 0.2) is 12.1 Å². The number of nitrogens with two attached hydrogens (primary N) is 2. The van der Waals surface area contributed by atoms with E-state index in [0.717, 1.165) is 0 Å². The molecule has 2 heterocycles. The van der Waals surface area contributed by atoms with Crippen molar-refractivity contribution in [2.75, 3.05) is 18.1 Å². The zero-order chi connectivity index (χ0) is 9.42. The predicted molar refractivity (Wildman–Crippen MR) is 46.9 cm³/mol. The van der Waals surface area contributed by atoms with Gasteiger partial charge in [0.25, 0.3) is 0 Å². The Hall–Kier alpha value is -1.92. The third kappa shape index (κ3) is 0.968. The highest BCUT2D eigenvalue weighted by Gasteiger charge is 2.11. The van der Waals surface area contributed by atoms with E-state index in [9.17, 15) is 0 Å². The molecule has 0 fully saturated rings. The first-order valence-electron chi connectivity index (χ1n) is 3.84. The van der Waals surface area contributed by atoms with Crippen LogP contribution in [0.3, 0.4) is 0 Å². The first-order chi connectivity index (χ1) is 6.24. The minimum Gasteiger partial charge on any atom is -0.397 e. The van der Waals surface area contributed by atoms with Gasteiger partial charge in [0.05, 0.1) is 0 Å². The summed E-state index contributed by atoms with van der Waals surface area (Å²) >= 11 is 0. The molecule has 0 atom stereocenters. The second-order valence-corrected chi connectivity index (χ2v) is 2.46. The first kappa shape index (κ1) is 7.71. The van der Waals surface area contributed by atoms with Gasteiger partial charge >= 0.3 is 0 Å². The summed E-state index contributed by atoms with van der Waals surface area (Å²) < 4.78 is 1.50. The monoisotopic (exact) mass is 182 g/mol. The molecule has 0 unspecified atom stereocenters. The summed E-state index contributed by atoms with van der Waals surface area (Å²) in [6.07, 6.45) is 1.49. The van der Waals surface area contributed by atoms with E-state index in [0.29, 0.717) is 18.1 Å². The van der Waals surface area contributed by atoms with Gasteiger partial charge in [-0.05, 0) is 6.92 Å². The third-order valence-electron chi connectivity index (χ3n) is 1.62. The molecule has 0 aliphatic heterocycles. The Morgan fingerprint density at radius 1 is 1.54 bits per heavy atom. The molecule has 2 aromatic heterocycles. The molecule has 4 N–H and O–H groups in total. The number of imidazole rings is 1. The molecule has 0 bridgehead atoms. The summed E-state index contributed by atoms with van der Waals surface area (Å²) in [5, 5.41) is 0. The highest BCUT2D eigenvalue weighted by atomic mass is 16.7. The molecule has 0 radical (unpaired) electrons. The van der Waals surface area contributed by atoms with Crippen molar-refractivity contribution in [3.63, 3.8) is 0 Å². The Morgan fingerprint density at radius 2 is 2.31 bits per heavy atom. The van der Waals surface area contributed by atoms with E-state index in [1.165, 1.54) is 15.7 Å². The van der Waals surface area contributed by atoms with Gasteiger partial charge in [-0.2, -0.15) is 9.50 Å². The molecule has 2 aromatic rings. The Kier molecular flexibility index (Phi) is 1.51. The summed E-state index contributed by atoms with van der Waals surface area (Å²) in [5.74, 6) is 0.564. The molecule has 0 spiro atoms. The van der Waals surface area contributed by atoms with Gasteiger partial charge in [0.1, 0.15) is 6.61 Å². The summed E-state index contributed by atoms with van der Waals surface area (Å²) in [7, 11) is 0. The fourth-order valence-corrected chi connectivity index (χ4v) is 1.13. The molecule has 7 heteroatoms. The van der Waals surface area contributed by atoms with Crippen molar-refractivity contribution in [2.45, 2.75) is 6.92 Å². The molecule has 0 amide bonds. The highest BCUT2D eigenvalue weighted by molar-refractivity contribution is 5.63. The van der Waals surface area contributed by atoms with E-state index >= 15 is 0 Å². The Morgan fingerprint density at radius 3 is 3.00 bits per heavy atom. The Labute approximate surface area is 73.9 Å². The number of nitrogen functional groups attached to an aromatic ring is 2. The molecular weight excluding hydrogens is 172 g/mol. The van der Waals surface area contributed by atoms with Crippen LogP contribution in [0, 0.1) is 0 Å². The van der Waals surface area contributed by atoms with Gasteiger partial charge in [-0.1, -0.05) is 4.85 Å². The van der Waals surface area contributed by atoms with E-state index in [2.05, 4.69) is 9.97 Å². The average Bonchev–Trinajstić information content (AvgIpc) is 2.58. The maximum Gasteiger partial charge on any atom is 0.226 e. The quantitative estimate of drug-likeness (QED) is 0.630. The van der Waals surface area contributed by atoms with Crippen molar-refractivity contribution in [1.29, 1.82) is 0 Å². The molecule has 2 rings (SSSR count). The number of nitrogens with zero attached hydrogens (tertiary/aromatic N) is 4. The zero-order valence-corrected chi connectivity index (χ0v) is 7.14. The molecule has 0 aliphatic rings. The molecule has 0 saturated heterocycles. The fraction of sp³-hybridized carbons (Fsp3) is 0.333. The lowest BCUT2D eigenvalue weighted by Gasteiger charge is -2.03. The topological polar surface area (TPSA) is 96.4 Å². The number of anilines is 2. The maximum atomic E-state index is 5.58. The minimum absolute atomic E-state index is 0.262. The van der Waals surface area contributed by atoms with E-state index in [1.54, 1.807) is 0 Å². The van der Waals surface area contributed by atoms with Crippen molar-refractivity contribution in [3.05, 3.63) is 6.33 Å². The highest BCUT2D eigenvalue weighted by Crippen LogP contribution is 2.13. The molecule has 0 aromatic carbocycles. The maximum absolute atomic E-state index is 5.58. The van der Waals surface area contributed by atoms with Crippen LogP contribution in [0.2, 0.25) is 0 Å². The smallest absolute Gasteiger partial charge is 0.226 e. The second kappa shape index (κ2) is 2.54. The fourth-order valence-electron chi connectivity index (χ4n) is 1.13. The summed E-state index contributed by atoms with van der Waals surface area (Å²) in [5.41, 5.74) is 11.6. The Bertz CT molecular complexity index is 429. The lowest BCUT2D eigenvalue weighted by Crippen LogP contribution is -2.16. The summed E-state index contributed by atoms with van der Waals surface area (Å²) in [4.78, 5) is 14.4. The van der Waals surface area contributed by atoms with E-state index in [-0.39, 0.29) is 5.95 Å². The van der Waals surface area contributed by atoms with Crippen LogP contribution in [-0.4, -0.2) is 25.9 Å². The zero-order valence-electron chi connectivity index (χ0n) is 7.14. The van der Waals surface area contributed by atoms with Crippen molar-refractivity contribution in [1.82, 2.24) is 19.3 Å². The van der Waals surface area contributed by atoms with Crippen LogP contribution < -0.4 is 16.3 Å². The number of aromatic nitrogens is 4. The van der Waals surface area contributed by atoms with Crippen LogP contribution in [0.4, 0.5) is 11.8 Å². The van der Waals surface area contributed by atoms with Crippen LogP contribution in [0.1, 0.15) is 6.92 Å². The minimum atomic E-state index is 0.262. The number of hydrogen-bond donors (Lipinski definition) is 2. The normalized spacial score (nSPS) is 10.8. The molecule has 0 aliphatic carbocycles. The molecule has 7 nitrogen and oxygen atoms in total. The van der Waals surface area contributed by atoms with Gasteiger partial charge in [-0.25, -0.2) is 4.98 Å². The number of rotatable bonds is 2. The molecule has 0 saturated carbocycles. The average molecular weight is 182 g/mol. The van der Waals surface area contributed by atoms with E-state index in [4.69, 9.17) is 16.3 Å². The summed E-state index contributed by atoms with van der Waals surface area (Å²) in [6, 6.07) is 0. The van der Waals surface area contributed by atoms with Gasteiger partial charge in [0, 0.05) is 0 Å². The van der Waals surface area contributed by atoms with E-state index < -0.39 is 0 Å². The Balaban J connectivity index is 2.64. The van der Waals surface area contributed by atoms with Crippen LogP contribution in [-0.2, 0) is 0 Å². The molecule has 13 heavy (non-hydrogen) atoms. The van der Waals surface area contributed by atoms with Crippen LogP contribution in [0.5, 0.6) is 0 Å². The van der Waals surface area contributed by atoms with Crippen molar-refractivity contribution >= 4 is 17.4 Å². The predicted octanol–water partition coefficient (Wildman–Crippen LogP) is -0.856. The third-order valence-corrected chi connectivity index (χ3v) is 1.62. The van der Waals surface area contributed by atoms with Gasteiger partial charge < -0.3 is 16.3 Å². The van der Waals surface area contributed by atoms with Crippen LogP contribution in [0.15, 0.2) is 6.33 Å². The lowest BCUT2D eigenvalue weighted by atomic mass is 10.7. The van der Waals surface area contributed by atoms with Crippen molar-refractivity contribution < 1.29 is 4.84 Å². The van der Waals surface area contributed by atoms with Crippen molar-refractivity contribution in [2.24, 2.45) is 0 Å². The number of hydrogen-bond acceptors (Lipinski definition) is 5. The van der Waals surface area contributed by atoms with Crippen LogP contribution in [0.25, 0.3) is 5.65 Å². The molecular formula is C6H10N6O. The van der Waals surface area contributed by atoms with Gasteiger partial charge in [0.2, 0.25) is 11.6 Å².